The molecule has 0 aliphatic carbocycles. The minimum absolute atomic E-state index is 0.00337. The van der Waals surface area contributed by atoms with Gasteiger partial charge in [0, 0.05) is 19.2 Å². The van der Waals surface area contributed by atoms with Crippen molar-refractivity contribution in [2.75, 3.05) is 13.1 Å². The molecule has 4 heteroatoms. The number of hydrogen-bond donors (Lipinski definition) is 0. The van der Waals surface area contributed by atoms with E-state index in [1.807, 2.05) is 26.0 Å². The number of carbonyl (C=O) groups is 1. The molecular formula is C16H18N2O2. The number of hydrogen-bond acceptors (Lipinski definition) is 3. The van der Waals surface area contributed by atoms with E-state index in [0.717, 1.165) is 5.56 Å². The van der Waals surface area contributed by atoms with Gasteiger partial charge in [0.05, 0.1) is 23.8 Å². The highest BCUT2D eigenvalue weighted by Gasteiger charge is 2.24. The lowest BCUT2D eigenvalue weighted by atomic mass is 10.1. The molecule has 0 spiro atoms. The van der Waals surface area contributed by atoms with Gasteiger partial charge in [-0.05, 0) is 37.6 Å². The standard InChI is InChI=1S/C16H18N2O2/c1-12-10-18(11-13(2)20-12)16(19)8-7-14-3-5-15(9-17)6-4-14/h3-8,12-13H,10-11H2,1-2H3/b8-7+/t12-,13+. The highest BCUT2D eigenvalue weighted by molar-refractivity contribution is 5.91. The van der Waals surface area contributed by atoms with Gasteiger partial charge in [-0.1, -0.05) is 12.1 Å². The molecule has 20 heavy (non-hydrogen) atoms. The van der Waals surface area contributed by atoms with Crippen LogP contribution < -0.4 is 0 Å². The summed E-state index contributed by atoms with van der Waals surface area (Å²) in [5, 5.41) is 8.73. The zero-order valence-electron chi connectivity index (χ0n) is 11.7. The largest absolute Gasteiger partial charge is 0.372 e. The number of nitriles is 1. The van der Waals surface area contributed by atoms with Crippen molar-refractivity contribution in [3.8, 4) is 6.07 Å². The van der Waals surface area contributed by atoms with Gasteiger partial charge in [0.1, 0.15) is 0 Å². The van der Waals surface area contributed by atoms with E-state index in [9.17, 15) is 4.79 Å². The molecule has 1 saturated heterocycles. The molecule has 1 aliphatic heterocycles. The molecule has 1 heterocycles. The van der Waals surface area contributed by atoms with E-state index in [1.165, 1.54) is 0 Å². The molecule has 0 radical (unpaired) electrons. The average molecular weight is 270 g/mol. The van der Waals surface area contributed by atoms with Crippen LogP contribution in [0.15, 0.2) is 30.3 Å². The normalized spacial score (nSPS) is 22.8. The van der Waals surface area contributed by atoms with Crippen molar-refractivity contribution in [1.29, 1.82) is 5.26 Å². The van der Waals surface area contributed by atoms with Crippen LogP contribution in [0.1, 0.15) is 25.0 Å². The van der Waals surface area contributed by atoms with Gasteiger partial charge in [0.25, 0.3) is 0 Å². The van der Waals surface area contributed by atoms with E-state index in [2.05, 4.69) is 6.07 Å². The fourth-order valence-electron chi connectivity index (χ4n) is 2.30. The van der Waals surface area contributed by atoms with Crippen LogP contribution >= 0.6 is 0 Å². The minimum Gasteiger partial charge on any atom is -0.372 e. The van der Waals surface area contributed by atoms with Crippen LogP contribution in [-0.2, 0) is 9.53 Å². The number of morpholine rings is 1. The highest BCUT2D eigenvalue weighted by atomic mass is 16.5. The lowest BCUT2D eigenvalue weighted by Crippen LogP contribution is -2.47. The Morgan fingerprint density at radius 1 is 1.30 bits per heavy atom. The maximum atomic E-state index is 12.1. The predicted octanol–water partition coefficient (Wildman–Crippen LogP) is 2.21. The van der Waals surface area contributed by atoms with Crippen LogP contribution in [-0.4, -0.2) is 36.1 Å². The Morgan fingerprint density at radius 3 is 2.45 bits per heavy atom. The first-order chi connectivity index (χ1) is 9.58. The summed E-state index contributed by atoms with van der Waals surface area (Å²) in [7, 11) is 0. The molecule has 1 aliphatic rings. The van der Waals surface area contributed by atoms with Crippen molar-refractivity contribution in [1.82, 2.24) is 4.90 Å². The molecule has 1 amide bonds. The van der Waals surface area contributed by atoms with Crippen LogP contribution in [0.3, 0.4) is 0 Å². The molecule has 1 aromatic carbocycles. The topological polar surface area (TPSA) is 53.3 Å². The molecule has 2 rings (SSSR count). The first-order valence-electron chi connectivity index (χ1n) is 6.71. The minimum atomic E-state index is -0.00337. The number of nitrogens with zero attached hydrogens (tertiary/aromatic N) is 2. The lowest BCUT2D eigenvalue weighted by Gasteiger charge is -2.34. The SMILES string of the molecule is C[C@@H]1CN(C(=O)/C=C/c2ccc(C#N)cc2)C[C@H](C)O1. The Morgan fingerprint density at radius 2 is 1.90 bits per heavy atom. The van der Waals surface area contributed by atoms with Crippen LogP contribution in [0.4, 0.5) is 0 Å². The molecule has 1 aromatic rings. The molecule has 4 nitrogen and oxygen atoms in total. The first kappa shape index (κ1) is 14.3. The van der Waals surface area contributed by atoms with Crippen molar-refractivity contribution in [3.63, 3.8) is 0 Å². The second-order valence-electron chi connectivity index (χ2n) is 5.07. The Labute approximate surface area is 119 Å². The summed E-state index contributed by atoms with van der Waals surface area (Å²) in [6, 6.07) is 9.20. The highest BCUT2D eigenvalue weighted by Crippen LogP contribution is 2.12. The van der Waals surface area contributed by atoms with E-state index in [4.69, 9.17) is 10.00 Å². The Hall–Kier alpha value is -2.12. The van der Waals surface area contributed by atoms with E-state index in [-0.39, 0.29) is 18.1 Å². The van der Waals surface area contributed by atoms with E-state index < -0.39 is 0 Å². The molecule has 2 atom stereocenters. The second kappa shape index (κ2) is 6.36. The summed E-state index contributed by atoms with van der Waals surface area (Å²) < 4.78 is 5.61. The first-order valence-corrected chi connectivity index (χ1v) is 6.71. The maximum absolute atomic E-state index is 12.1. The molecule has 0 unspecified atom stereocenters. The van der Waals surface area contributed by atoms with Crippen LogP contribution in [0.2, 0.25) is 0 Å². The van der Waals surface area contributed by atoms with Crippen molar-refractivity contribution in [2.24, 2.45) is 0 Å². The van der Waals surface area contributed by atoms with Crippen molar-refractivity contribution in [2.45, 2.75) is 26.1 Å². The van der Waals surface area contributed by atoms with Crippen LogP contribution in [0.25, 0.3) is 6.08 Å². The van der Waals surface area contributed by atoms with Crippen LogP contribution in [0.5, 0.6) is 0 Å². The van der Waals surface area contributed by atoms with Crippen LogP contribution in [0, 0.1) is 11.3 Å². The fourth-order valence-corrected chi connectivity index (χ4v) is 2.30. The van der Waals surface area contributed by atoms with Gasteiger partial charge < -0.3 is 9.64 Å². The van der Waals surface area contributed by atoms with Crippen molar-refractivity contribution < 1.29 is 9.53 Å². The second-order valence-corrected chi connectivity index (χ2v) is 5.07. The zero-order chi connectivity index (χ0) is 14.5. The summed E-state index contributed by atoms with van der Waals surface area (Å²) in [4.78, 5) is 13.9. The Balaban J connectivity index is 1.99. The monoisotopic (exact) mass is 270 g/mol. The van der Waals surface area contributed by atoms with Crippen molar-refractivity contribution in [3.05, 3.63) is 41.5 Å². The Bertz CT molecular complexity index is 533. The number of amides is 1. The molecule has 0 saturated carbocycles. The molecular weight excluding hydrogens is 252 g/mol. The number of carbonyl (C=O) groups excluding carboxylic acids is 1. The third-order valence-corrected chi connectivity index (χ3v) is 3.19. The van der Waals surface area contributed by atoms with E-state index in [1.54, 1.807) is 29.2 Å². The fraction of sp³-hybridized carbons (Fsp3) is 0.375. The van der Waals surface area contributed by atoms with Gasteiger partial charge in [-0.2, -0.15) is 5.26 Å². The molecule has 0 bridgehead atoms. The molecule has 104 valence electrons. The summed E-state index contributed by atoms with van der Waals surface area (Å²) >= 11 is 0. The van der Waals surface area contributed by atoms with Gasteiger partial charge in [0.2, 0.25) is 5.91 Å². The number of benzene rings is 1. The van der Waals surface area contributed by atoms with Gasteiger partial charge in [0.15, 0.2) is 0 Å². The third-order valence-electron chi connectivity index (χ3n) is 3.19. The van der Waals surface area contributed by atoms with Gasteiger partial charge in [-0.3, -0.25) is 4.79 Å². The van der Waals surface area contributed by atoms with Crippen molar-refractivity contribution >= 4 is 12.0 Å². The summed E-state index contributed by atoms with van der Waals surface area (Å²) in [5.41, 5.74) is 1.52. The Kier molecular flexibility index (Phi) is 4.54. The molecule has 0 N–H and O–H groups in total. The summed E-state index contributed by atoms with van der Waals surface area (Å²) in [5.74, 6) is -0.00337. The summed E-state index contributed by atoms with van der Waals surface area (Å²) in [6.07, 6.45) is 3.50. The number of rotatable bonds is 2. The lowest BCUT2D eigenvalue weighted by molar-refractivity contribution is -0.137. The average Bonchev–Trinajstić information content (AvgIpc) is 2.44. The van der Waals surface area contributed by atoms with Gasteiger partial charge in [-0.15, -0.1) is 0 Å². The molecule has 1 fully saturated rings. The molecule has 0 aromatic heterocycles. The number of ether oxygens (including phenoxy) is 1. The van der Waals surface area contributed by atoms with Gasteiger partial charge in [-0.25, -0.2) is 0 Å². The third kappa shape index (κ3) is 3.69. The summed E-state index contributed by atoms with van der Waals surface area (Å²) in [6.45, 7) is 5.20. The van der Waals surface area contributed by atoms with Gasteiger partial charge >= 0.3 is 0 Å². The smallest absolute Gasteiger partial charge is 0.246 e. The quantitative estimate of drug-likeness (QED) is 0.774. The van der Waals surface area contributed by atoms with E-state index in [0.29, 0.717) is 18.7 Å². The maximum Gasteiger partial charge on any atom is 0.246 e. The van der Waals surface area contributed by atoms with E-state index >= 15 is 0 Å². The predicted molar refractivity (Wildman–Crippen MR) is 76.8 cm³/mol. The zero-order valence-corrected chi connectivity index (χ0v) is 11.7.